The molecule has 0 radical (unpaired) electrons. The summed E-state index contributed by atoms with van der Waals surface area (Å²) in [7, 11) is 3.84. The molecule has 184 valence electrons. The summed E-state index contributed by atoms with van der Waals surface area (Å²) in [5.41, 5.74) is 0.720. The van der Waals surface area contributed by atoms with E-state index in [0.29, 0.717) is 24.1 Å². The second-order valence-electron chi connectivity index (χ2n) is 10.0. The Morgan fingerprint density at radius 3 is 2.55 bits per heavy atom. The molecule has 1 aliphatic carbocycles. The van der Waals surface area contributed by atoms with Crippen molar-refractivity contribution in [1.29, 1.82) is 0 Å². The molecule has 0 aromatic carbocycles. The van der Waals surface area contributed by atoms with Crippen LogP contribution in [-0.4, -0.2) is 79.0 Å². The molecule has 2 saturated heterocycles. The quantitative estimate of drug-likeness (QED) is 0.599. The van der Waals surface area contributed by atoms with Gasteiger partial charge in [0.2, 0.25) is 5.88 Å². The fraction of sp³-hybridized carbons (Fsp3) is 0.739. The van der Waals surface area contributed by atoms with Gasteiger partial charge in [-0.05, 0) is 57.2 Å². The fourth-order valence-corrected chi connectivity index (χ4v) is 4.46. The Bertz CT molecular complexity index is 858. The number of hydrogen-bond donors (Lipinski definition) is 1. The molecule has 33 heavy (non-hydrogen) atoms. The standard InChI is InChI=1S/C23H35F2N5O3/c1-14(2)10-18(22-28(4)15(3)33-29(22)5)26-20(31)17-8-9-19(30-12-23(24,25)13-30)21(27-17)32-11-16-6-7-16/h8-9,14-16,18,22H,6-7,10-13H2,1-5H3,(H,26,31). The van der Waals surface area contributed by atoms with Gasteiger partial charge in [0.15, 0.2) is 0 Å². The van der Waals surface area contributed by atoms with Crippen LogP contribution < -0.4 is 15.0 Å². The number of amides is 1. The van der Waals surface area contributed by atoms with Crippen molar-refractivity contribution in [2.24, 2.45) is 11.8 Å². The summed E-state index contributed by atoms with van der Waals surface area (Å²) < 4.78 is 32.8. The first-order valence-electron chi connectivity index (χ1n) is 11.7. The van der Waals surface area contributed by atoms with E-state index in [1.807, 2.05) is 21.0 Å². The van der Waals surface area contributed by atoms with E-state index < -0.39 is 5.92 Å². The van der Waals surface area contributed by atoms with Crippen LogP contribution in [0.25, 0.3) is 0 Å². The van der Waals surface area contributed by atoms with Crippen LogP contribution in [0.15, 0.2) is 12.1 Å². The number of nitrogens with zero attached hydrogens (tertiary/aromatic N) is 4. The van der Waals surface area contributed by atoms with Crippen LogP contribution in [0.1, 0.15) is 50.5 Å². The summed E-state index contributed by atoms with van der Waals surface area (Å²) >= 11 is 0. The van der Waals surface area contributed by atoms with Gasteiger partial charge >= 0.3 is 0 Å². The van der Waals surface area contributed by atoms with Gasteiger partial charge in [-0.2, -0.15) is 5.06 Å². The van der Waals surface area contributed by atoms with E-state index in [2.05, 4.69) is 29.0 Å². The number of pyridine rings is 1. The maximum atomic E-state index is 13.4. The number of hydrogen-bond acceptors (Lipinski definition) is 7. The van der Waals surface area contributed by atoms with E-state index in [0.717, 1.165) is 19.3 Å². The Kier molecular flexibility index (Phi) is 6.80. The van der Waals surface area contributed by atoms with Gasteiger partial charge in [0, 0.05) is 7.05 Å². The summed E-state index contributed by atoms with van der Waals surface area (Å²) in [4.78, 5) is 27.1. The van der Waals surface area contributed by atoms with Crippen molar-refractivity contribution in [3.05, 3.63) is 17.8 Å². The summed E-state index contributed by atoms with van der Waals surface area (Å²) in [6.07, 6.45) is 2.72. The number of rotatable bonds is 9. The maximum Gasteiger partial charge on any atom is 0.282 e. The Hall–Kier alpha value is -2.04. The number of anilines is 1. The minimum atomic E-state index is -2.70. The van der Waals surface area contributed by atoms with Crippen LogP contribution in [0.5, 0.6) is 5.88 Å². The van der Waals surface area contributed by atoms with Crippen LogP contribution in [0, 0.1) is 11.8 Å². The lowest BCUT2D eigenvalue weighted by atomic mass is 10.00. The highest BCUT2D eigenvalue weighted by molar-refractivity contribution is 5.93. The van der Waals surface area contributed by atoms with Crippen molar-refractivity contribution >= 4 is 11.6 Å². The Labute approximate surface area is 194 Å². The van der Waals surface area contributed by atoms with Gasteiger partial charge in [0.1, 0.15) is 23.8 Å². The molecule has 3 atom stereocenters. The number of likely N-dealkylation sites (N-methyl/N-ethyl adjacent to an activating group) is 2. The molecule has 2 aliphatic heterocycles. The molecule has 10 heteroatoms. The number of hydroxylamine groups is 2. The second-order valence-corrected chi connectivity index (χ2v) is 10.0. The predicted molar refractivity (Wildman–Crippen MR) is 120 cm³/mol. The third-order valence-corrected chi connectivity index (χ3v) is 6.49. The number of alkyl halides is 2. The van der Waals surface area contributed by atoms with E-state index in [4.69, 9.17) is 9.57 Å². The van der Waals surface area contributed by atoms with E-state index in [-0.39, 0.29) is 49.0 Å². The third kappa shape index (κ3) is 5.55. The SMILES string of the molecule is CC(C)CC(NC(=O)c1ccc(N2CC(F)(F)C2)c(OCC2CC2)n1)C1N(C)OC(C)N1C. The molecule has 3 unspecified atom stereocenters. The molecule has 0 bridgehead atoms. The molecular formula is C23H35F2N5O3. The first-order chi connectivity index (χ1) is 15.5. The maximum absolute atomic E-state index is 13.4. The van der Waals surface area contributed by atoms with Crippen molar-refractivity contribution in [2.45, 2.75) is 64.4 Å². The second kappa shape index (κ2) is 9.31. The third-order valence-electron chi connectivity index (χ3n) is 6.49. The van der Waals surface area contributed by atoms with Gasteiger partial charge in [0.05, 0.1) is 25.7 Å². The normalized spacial score (nSPS) is 26.4. The zero-order chi connectivity index (χ0) is 23.9. The van der Waals surface area contributed by atoms with Gasteiger partial charge in [0.25, 0.3) is 11.8 Å². The lowest BCUT2D eigenvalue weighted by Gasteiger charge is -2.40. The van der Waals surface area contributed by atoms with E-state index in [9.17, 15) is 13.6 Å². The lowest BCUT2D eigenvalue weighted by molar-refractivity contribution is -0.143. The molecule has 1 amide bonds. The van der Waals surface area contributed by atoms with Gasteiger partial charge in [-0.15, -0.1) is 0 Å². The van der Waals surface area contributed by atoms with Crippen LogP contribution in [-0.2, 0) is 4.84 Å². The molecule has 1 N–H and O–H groups in total. The molecule has 1 saturated carbocycles. The first-order valence-corrected chi connectivity index (χ1v) is 11.7. The van der Waals surface area contributed by atoms with E-state index >= 15 is 0 Å². The number of carbonyl (C=O) groups excluding carboxylic acids is 1. The van der Waals surface area contributed by atoms with Crippen LogP contribution in [0.4, 0.5) is 14.5 Å². The molecule has 8 nitrogen and oxygen atoms in total. The molecule has 1 aromatic heterocycles. The lowest BCUT2D eigenvalue weighted by Crippen LogP contribution is -2.56. The van der Waals surface area contributed by atoms with Crippen LogP contribution in [0.2, 0.25) is 0 Å². The number of nitrogens with one attached hydrogen (secondary N) is 1. The van der Waals surface area contributed by atoms with Gasteiger partial charge in [-0.1, -0.05) is 13.8 Å². The van der Waals surface area contributed by atoms with Crippen molar-refractivity contribution in [1.82, 2.24) is 20.3 Å². The monoisotopic (exact) mass is 467 g/mol. The number of ether oxygens (including phenoxy) is 1. The first kappa shape index (κ1) is 24.1. The fourth-order valence-electron chi connectivity index (χ4n) is 4.46. The van der Waals surface area contributed by atoms with Crippen molar-refractivity contribution in [3.8, 4) is 5.88 Å². The van der Waals surface area contributed by atoms with Gasteiger partial charge in [-0.25, -0.2) is 13.8 Å². The van der Waals surface area contributed by atoms with Crippen molar-refractivity contribution < 1.29 is 23.1 Å². The van der Waals surface area contributed by atoms with Crippen LogP contribution in [0.3, 0.4) is 0 Å². The van der Waals surface area contributed by atoms with E-state index in [1.165, 1.54) is 0 Å². The smallest absolute Gasteiger partial charge is 0.282 e. The van der Waals surface area contributed by atoms with Crippen molar-refractivity contribution in [2.75, 3.05) is 38.7 Å². The molecule has 3 fully saturated rings. The number of aromatic nitrogens is 1. The largest absolute Gasteiger partial charge is 0.476 e. The average molecular weight is 468 g/mol. The minimum absolute atomic E-state index is 0.0962. The minimum Gasteiger partial charge on any atom is -0.476 e. The summed E-state index contributed by atoms with van der Waals surface area (Å²) in [6, 6.07) is 3.05. The zero-order valence-corrected chi connectivity index (χ0v) is 20.1. The Morgan fingerprint density at radius 2 is 2.00 bits per heavy atom. The van der Waals surface area contributed by atoms with Gasteiger partial charge < -0.3 is 15.0 Å². The summed E-state index contributed by atoms with van der Waals surface area (Å²) in [5.74, 6) is -1.95. The molecule has 3 heterocycles. The average Bonchev–Trinajstić information content (AvgIpc) is 3.50. The molecule has 4 rings (SSSR count). The molecule has 1 aromatic rings. The van der Waals surface area contributed by atoms with Gasteiger partial charge in [-0.3, -0.25) is 14.5 Å². The van der Waals surface area contributed by atoms with E-state index in [1.54, 1.807) is 22.1 Å². The number of halogens is 2. The van der Waals surface area contributed by atoms with Crippen molar-refractivity contribution in [3.63, 3.8) is 0 Å². The summed E-state index contributed by atoms with van der Waals surface area (Å²) in [5, 5.41) is 4.91. The number of carbonyl (C=O) groups is 1. The Balaban J connectivity index is 1.52. The predicted octanol–water partition coefficient (Wildman–Crippen LogP) is 2.95. The highest BCUT2D eigenvalue weighted by atomic mass is 19.3. The summed E-state index contributed by atoms with van der Waals surface area (Å²) in [6.45, 7) is 5.94. The highest BCUT2D eigenvalue weighted by Crippen LogP contribution is 2.38. The molecular weight excluding hydrogens is 432 g/mol. The zero-order valence-electron chi connectivity index (χ0n) is 20.1. The topological polar surface area (TPSA) is 70.2 Å². The molecule has 0 spiro atoms. The molecule has 3 aliphatic rings. The van der Waals surface area contributed by atoms with Crippen LogP contribution >= 0.6 is 0 Å². The highest BCUT2D eigenvalue weighted by Gasteiger charge is 2.45. The Morgan fingerprint density at radius 1 is 1.30 bits per heavy atom.